The van der Waals surface area contributed by atoms with E-state index in [1.54, 1.807) is 0 Å². The van der Waals surface area contributed by atoms with Gasteiger partial charge in [-0.25, -0.2) is 17.6 Å². The van der Waals surface area contributed by atoms with E-state index in [0.717, 1.165) is 36.4 Å². The highest BCUT2D eigenvalue weighted by Crippen LogP contribution is 2.25. The predicted octanol–water partition coefficient (Wildman–Crippen LogP) is 3.20. The fourth-order valence-electron chi connectivity index (χ4n) is 3.37. The number of benzene rings is 2. The maximum Gasteiger partial charge on any atom is 0.323 e. The zero-order valence-electron chi connectivity index (χ0n) is 18.7. The van der Waals surface area contributed by atoms with E-state index in [-0.39, 0.29) is 18.5 Å². The van der Waals surface area contributed by atoms with Crippen LogP contribution >= 0.6 is 0 Å². The molecule has 0 atom stereocenters. The second-order valence-electron chi connectivity index (χ2n) is 8.27. The van der Waals surface area contributed by atoms with Crippen LogP contribution in [-0.2, 0) is 11.2 Å². The van der Waals surface area contributed by atoms with Crippen LogP contribution in [0, 0.1) is 23.3 Å². The molecule has 35 heavy (non-hydrogen) atoms. The zero-order chi connectivity index (χ0) is 26.1. The molecule has 0 bridgehead atoms. The average molecular weight is 491 g/mol. The molecule has 1 heterocycles. The molecule has 0 radical (unpaired) electrons. The first-order valence-corrected chi connectivity index (χ1v) is 10.3. The Morgan fingerprint density at radius 3 is 2.14 bits per heavy atom. The molecule has 2 aromatic carbocycles. The van der Waals surface area contributed by atoms with Gasteiger partial charge in [0.2, 0.25) is 0 Å². The van der Waals surface area contributed by atoms with E-state index in [4.69, 9.17) is 10.8 Å². The van der Waals surface area contributed by atoms with E-state index in [1.807, 2.05) is 0 Å². The van der Waals surface area contributed by atoms with E-state index in [2.05, 4.69) is 5.32 Å². The summed E-state index contributed by atoms with van der Waals surface area (Å²) in [4.78, 5) is 36.4. The number of nitrogens with one attached hydrogen (secondary N) is 1. The van der Waals surface area contributed by atoms with Crippen LogP contribution in [0.3, 0.4) is 0 Å². The minimum absolute atomic E-state index is 0.0670. The lowest BCUT2D eigenvalue weighted by atomic mass is 10.0. The fourth-order valence-corrected chi connectivity index (χ4v) is 3.37. The van der Waals surface area contributed by atoms with E-state index in [0.29, 0.717) is 10.6 Å². The van der Waals surface area contributed by atoms with Gasteiger partial charge < -0.3 is 16.2 Å². The minimum atomic E-state index is -1.25. The van der Waals surface area contributed by atoms with Gasteiger partial charge in [-0.15, -0.1) is 0 Å². The summed E-state index contributed by atoms with van der Waals surface area (Å²) >= 11 is 0. The average Bonchev–Trinajstić information content (AvgIpc) is 2.75. The van der Waals surface area contributed by atoms with Crippen molar-refractivity contribution in [2.24, 2.45) is 0 Å². The number of carboxylic acids is 1. The number of carboxylic acid groups (broad SMARTS) is 1. The summed E-state index contributed by atoms with van der Waals surface area (Å²) in [5.41, 5.74) is 2.07. The number of hydrogen-bond acceptors (Lipinski definition) is 5. The summed E-state index contributed by atoms with van der Waals surface area (Å²) in [6.07, 6.45) is 0.0670. The van der Waals surface area contributed by atoms with E-state index in [1.165, 1.54) is 13.8 Å². The van der Waals surface area contributed by atoms with Crippen LogP contribution in [0.15, 0.2) is 47.3 Å². The molecule has 0 saturated heterocycles. The summed E-state index contributed by atoms with van der Waals surface area (Å²) < 4.78 is 57.6. The van der Waals surface area contributed by atoms with Gasteiger partial charge in [0.15, 0.2) is 17.4 Å². The van der Waals surface area contributed by atoms with Crippen molar-refractivity contribution in [3.05, 3.63) is 92.8 Å². The number of aromatic nitrogens is 1. The number of hydrogen-bond donors (Lipinski definition) is 3. The molecule has 0 aliphatic rings. The van der Waals surface area contributed by atoms with Crippen molar-refractivity contribution in [3.8, 4) is 5.69 Å². The molecule has 1 aromatic heterocycles. The maximum absolute atomic E-state index is 15.0. The molecule has 11 heteroatoms. The molecule has 7 nitrogen and oxygen atoms in total. The lowest BCUT2D eigenvalue weighted by molar-refractivity contribution is -0.143. The summed E-state index contributed by atoms with van der Waals surface area (Å²) in [5.74, 6) is -7.17. The Labute approximate surface area is 196 Å². The summed E-state index contributed by atoms with van der Waals surface area (Å²) in [5, 5.41) is 11.9. The third-order valence-corrected chi connectivity index (χ3v) is 5.37. The van der Waals surface area contributed by atoms with Gasteiger partial charge in [0.05, 0.1) is 11.1 Å². The molecule has 3 rings (SSSR count). The largest absolute Gasteiger partial charge is 0.480 e. The summed E-state index contributed by atoms with van der Waals surface area (Å²) in [6, 6.07) is 5.96. The van der Waals surface area contributed by atoms with Crippen LogP contribution in [0.5, 0.6) is 0 Å². The Morgan fingerprint density at radius 1 is 0.971 bits per heavy atom. The third-order valence-electron chi connectivity index (χ3n) is 5.37. The molecule has 3 aromatic rings. The second-order valence-corrected chi connectivity index (χ2v) is 8.27. The van der Waals surface area contributed by atoms with Crippen LogP contribution in [0.2, 0.25) is 0 Å². The molecule has 0 unspecified atom stereocenters. The first-order chi connectivity index (χ1) is 16.3. The topological polar surface area (TPSA) is 114 Å². The molecular weight excluding hydrogens is 470 g/mol. The fraction of sp³-hybridized carbons (Fsp3) is 0.208. The molecule has 0 spiro atoms. The van der Waals surface area contributed by atoms with Crippen LogP contribution in [0.25, 0.3) is 5.69 Å². The number of carbonyl (C=O) groups is 2. The van der Waals surface area contributed by atoms with Crippen molar-refractivity contribution in [2.75, 3.05) is 12.3 Å². The highest BCUT2D eigenvalue weighted by atomic mass is 19.1. The van der Waals surface area contributed by atoms with E-state index in [9.17, 15) is 31.9 Å². The van der Waals surface area contributed by atoms with Crippen molar-refractivity contribution < 1.29 is 32.3 Å². The Balaban J connectivity index is 1.98. The van der Waals surface area contributed by atoms with Crippen molar-refractivity contribution in [3.63, 3.8) is 0 Å². The molecule has 0 amide bonds. The Kier molecular flexibility index (Phi) is 7.11. The number of halogens is 4. The lowest BCUT2D eigenvalue weighted by Crippen LogP contribution is -2.47. The highest BCUT2D eigenvalue weighted by molar-refractivity contribution is 6.11. The number of ketones is 1. The van der Waals surface area contributed by atoms with Gasteiger partial charge in [-0.3, -0.25) is 19.0 Å². The molecule has 184 valence electrons. The Hall–Kier alpha value is -3.99. The van der Waals surface area contributed by atoms with Crippen molar-refractivity contribution in [1.82, 2.24) is 9.88 Å². The SMILES string of the molecule is CC(C)(NCCc1cc(F)c(-n2c(N)c(C(=O)c3ccc(F)cc3F)ccc2=O)c(F)c1)C(=O)O. The smallest absolute Gasteiger partial charge is 0.323 e. The number of aliphatic carboxylic acids is 1. The molecular formula is C24H21F4N3O4. The zero-order valence-corrected chi connectivity index (χ0v) is 18.7. The van der Waals surface area contributed by atoms with Crippen LogP contribution in [0.1, 0.15) is 35.3 Å². The number of nitrogens with two attached hydrogens (primary N) is 1. The molecule has 0 aliphatic heterocycles. The molecule has 0 fully saturated rings. The minimum Gasteiger partial charge on any atom is -0.480 e. The number of carbonyl (C=O) groups excluding carboxylic acids is 1. The van der Waals surface area contributed by atoms with Crippen LogP contribution in [-0.4, -0.2) is 33.5 Å². The van der Waals surface area contributed by atoms with Gasteiger partial charge in [0.25, 0.3) is 5.56 Å². The summed E-state index contributed by atoms with van der Waals surface area (Å²) in [6.45, 7) is 2.95. The highest BCUT2D eigenvalue weighted by Gasteiger charge is 2.26. The molecule has 0 saturated carbocycles. The summed E-state index contributed by atoms with van der Waals surface area (Å²) in [7, 11) is 0. The quantitative estimate of drug-likeness (QED) is 0.329. The van der Waals surface area contributed by atoms with E-state index < -0.39 is 68.8 Å². The Bertz CT molecular complexity index is 1360. The first-order valence-electron chi connectivity index (χ1n) is 10.3. The van der Waals surface area contributed by atoms with Crippen LogP contribution < -0.4 is 16.6 Å². The monoisotopic (exact) mass is 491 g/mol. The standard InChI is InChI=1S/C24H21F4N3O4/c1-24(2,23(34)35)30-8-7-12-9-17(27)20(18(28)10-12)31-19(32)6-5-15(22(31)29)21(33)14-4-3-13(25)11-16(14)26/h3-6,9-11,30H,7-8,29H2,1-2H3,(H,34,35). The second kappa shape index (κ2) is 9.71. The molecule has 4 N–H and O–H groups in total. The number of pyridine rings is 1. The maximum atomic E-state index is 15.0. The molecule has 0 aliphatic carbocycles. The van der Waals surface area contributed by atoms with Gasteiger partial charge in [0, 0.05) is 18.7 Å². The number of nitrogen functional groups attached to an aromatic ring is 1. The van der Waals surface area contributed by atoms with Gasteiger partial charge in [-0.05, 0) is 56.2 Å². The van der Waals surface area contributed by atoms with Crippen molar-refractivity contribution in [2.45, 2.75) is 25.8 Å². The lowest BCUT2D eigenvalue weighted by Gasteiger charge is -2.21. The van der Waals surface area contributed by atoms with Crippen molar-refractivity contribution >= 4 is 17.6 Å². The third kappa shape index (κ3) is 5.24. The van der Waals surface area contributed by atoms with Crippen molar-refractivity contribution in [1.29, 1.82) is 0 Å². The number of nitrogens with zero attached hydrogens (tertiary/aromatic N) is 1. The Morgan fingerprint density at radius 2 is 1.57 bits per heavy atom. The number of anilines is 1. The van der Waals surface area contributed by atoms with E-state index >= 15 is 0 Å². The van der Waals surface area contributed by atoms with Gasteiger partial charge >= 0.3 is 5.97 Å². The van der Waals surface area contributed by atoms with Crippen LogP contribution in [0.4, 0.5) is 23.4 Å². The van der Waals surface area contributed by atoms with Gasteiger partial charge in [-0.1, -0.05) is 0 Å². The first kappa shape index (κ1) is 25.6. The number of rotatable bonds is 8. The van der Waals surface area contributed by atoms with Gasteiger partial charge in [-0.2, -0.15) is 0 Å². The predicted molar refractivity (Wildman–Crippen MR) is 120 cm³/mol. The van der Waals surface area contributed by atoms with Gasteiger partial charge in [0.1, 0.15) is 28.7 Å². The normalized spacial score (nSPS) is 11.5.